The van der Waals surface area contributed by atoms with E-state index in [9.17, 15) is 0 Å². The van der Waals surface area contributed by atoms with E-state index >= 15 is 0 Å². The van der Waals surface area contributed by atoms with Gasteiger partial charge < -0.3 is 14.6 Å². The van der Waals surface area contributed by atoms with Gasteiger partial charge in [-0.05, 0) is 45.3 Å². The van der Waals surface area contributed by atoms with Gasteiger partial charge in [0.25, 0.3) is 0 Å². The van der Waals surface area contributed by atoms with E-state index in [2.05, 4.69) is 30.3 Å². The van der Waals surface area contributed by atoms with Crippen LogP contribution in [-0.4, -0.2) is 31.1 Å². The molecule has 1 aromatic heterocycles. The van der Waals surface area contributed by atoms with Crippen molar-refractivity contribution >= 4 is 0 Å². The highest BCUT2D eigenvalue weighted by Gasteiger charge is 2.27. The van der Waals surface area contributed by atoms with Gasteiger partial charge in [-0.15, -0.1) is 0 Å². The van der Waals surface area contributed by atoms with Gasteiger partial charge in [0, 0.05) is 24.7 Å². The molecule has 18 heavy (non-hydrogen) atoms. The molecule has 0 aromatic carbocycles. The summed E-state index contributed by atoms with van der Waals surface area (Å²) in [6.07, 6.45) is 5.87. The Kier molecular flexibility index (Phi) is 4.84. The van der Waals surface area contributed by atoms with Crippen molar-refractivity contribution in [3.8, 4) is 0 Å². The van der Waals surface area contributed by atoms with Gasteiger partial charge in [0.2, 0.25) is 0 Å². The second-order valence-corrected chi connectivity index (χ2v) is 5.55. The molecule has 0 saturated heterocycles. The summed E-state index contributed by atoms with van der Waals surface area (Å²) in [4.78, 5) is 2.43. The number of furan rings is 1. The van der Waals surface area contributed by atoms with Crippen LogP contribution in [0, 0.1) is 12.8 Å². The Hall–Kier alpha value is -0.800. The van der Waals surface area contributed by atoms with E-state index in [0.717, 1.165) is 30.8 Å². The summed E-state index contributed by atoms with van der Waals surface area (Å²) in [7, 11) is 2.22. The molecule has 1 aliphatic carbocycles. The fourth-order valence-electron chi connectivity index (χ4n) is 3.12. The second kappa shape index (κ2) is 6.39. The zero-order valence-electron chi connectivity index (χ0n) is 11.9. The van der Waals surface area contributed by atoms with Crippen LogP contribution in [0.25, 0.3) is 0 Å². The Morgan fingerprint density at radius 1 is 1.44 bits per heavy atom. The Morgan fingerprint density at radius 3 is 2.94 bits per heavy atom. The minimum Gasteiger partial charge on any atom is -0.469 e. The number of hydrogen-bond acceptors (Lipinski definition) is 3. The SMILES string of the molecule is CCNC1CCCC1CN(C)Cc1ccoc1C. The first kappa shape index (κ1) is 13.6. The van der Waals surface area contributed by atoms with Gasteiger partial charge in [0.15, 0.2) is 0 Å². The average molecular weight is 250 g/mol. The van der Waals surface area contributed by atoms with Gasteiger partial charge in [-0.2, -0.15) is 0 Å². The molecule has 1 saturated carbocycles. The maximum absolute atomic E-state index is 5.36. The van der Waals surface area contributed by atoms with Gasteiger partial charge in [-0.3, -0.25) is 0 Å². The Morgan fingerprint density at radius 2 is 2.28 bits per heavy atom. The van der Waals surface area contributed by atoms with Crippen LogP contribution >= 0.6 is 0 Å². The van der Waals surface area contributed by atoms with Crippen molar-refractivity contribution in [1.82, 2.24) is 10.2 Å². The van der Waals surface area contributed by atoms with Crippen molar-refractivity contribution in [2.75, 3.05) is 20.1 Å². The highest BCUT2D eigenvalue weighted by Crippen LogP contribution is 2.26. The minimum absolute atomic E-state index is 0.725. The van der Waals surface area contributed by atoms with Crippen LogP contribution in [-0.2, 0) is 6.54 Å². The lowest BCUT2D eigenvalue weighted by Crippen LogP contribution is -2.38. The molecule has 2 atom stereocenters. The molecule has 3 heteroatoms. The van der Waals surface area contributed by atoms with Crippen molar-refractivity contribution in [2.24, 2.45) is 5.92 Å². The largest absolute Gasteiger partial charge is 0.469 e. The number of aryl methyl sites for hydroxylation is 1. The number of rotatable bonds is 6. The van der Waals surface area contributed by atoms with Gasteiger partial charge in [0.05, 0.1) is 6.26 Å². The lowest BCUT2D eigenvalue weighted by Gasteiger charge is -2.26. The predicted octanol–water partition coefficient (Wildman–Crippen LogP) is 2.80. The molecule has 1 aliphatic rings. The summed E-state index contributed by atoms with van der Waals surface area (Å²) in [6.45, 7) is 7.51. The van der Waals surface area contributed by atoms with Crippen molar-refractivity contribution in [3.05, 3.63) is 23.7 Å². The molecule has 102 valence electrons. The molecular formula is C15H26N2O. The van der Waals surface area contributed by atoms with Crippen LogP contribution in [0.5, 0.6) is 0 Å². The van der Waals surface area contributed by atoms with Gasteiger partial charge >= 0.3 is 0 Å². The lowest BCUT2D eigenvalue weighted by atomic mass is 10.0. The average Bonchev–Trinajstić information content (AvgIpc) is 2.91. The van der Waals surface area contributed by atoms with Crippen LogP contribution in [0.1, 0.15) is 37.5 Å². The quantitative estimate of drug-likeness (QED) is 0.841. The van der Waals surface area contributed by atoms with Crippen molar-refractivity contribution in [2.45, 2.75) is 45.7 Å². The molecule has 0 aliphatic heterocycles. The molecule has 1 heterocycles. The summed E-state index contributed by atoms with van der Waals surface area (Å²) in [5.74, 6) is 1.86. The summed E-state index contributed by atoms with van der Waals surface area (Å²) in [5, 5.41) is 3.62. The number of nitrogens with zero attached hydrogens (tertiary/aromatic N) is 1. The first-order chi connectivity index (χ1) is 8.70. The summed E-state index contributed by atoms with van der Waals surface area (Å²) >= 11 is 0. The van der Waals surface area contributed by atoms with Crippen molar-refractivity contribution < 1.29 is 4.42 Å². The van der Waals surface area contributed by atoms with E-state index in [1.165, 1.54) is 31.4 Å². The van der Waals surface area contributed by atoms with E-state index < -0.39 is 0 Å². The standard InChI is InChI=1S/C15H26N2O/c1-4-16-15-7-5-6-14(15)11-17(3)10-13-8-9-18-12(13)2/h8-9,14-16H,4-7,10-11H2,1-3H3. The summed E-state index contributed by atoms with van der Waals surface area (Å²) in [5.41, 5.74) is 1.32. The van der Waals surface area contributed by atoms with Crippen LogP contribution in [0.15, 0.2) is 16.7 Å². The predicted molar refractivity (Wildman–Crippen MR) is 74.6 cm³/mol. The molecule has 1 N–H and O–H groups in total. The highest BCUT2D eigenvalue weighted by atomic mass is 16.3. The number of hydrogen-bond donors (Lipinski definition) is 1. The third-order valence-corrected chi connectivity index (χ3v) is 4.08. The monoisotopic (exact) mass is 250 g/mol. The van der Waals surface area contributed by atoms with Crippen molar-refractivity contribution in [1.29, 1.82) is 0 Å². The van der Waals surface area contributed by atoms with Gasteiger partial charge in [-0.25, -0.2) is 0 Å². The second-order valence-electron chi connectivity index (χ2n) is 5.55. The Bertz CT molecular complexity index is 361. The van der Waals surface area contributed by atoms with E-state index in [1.54, 1.807) is 6.26 Å². The zero-order chi connectivity index (χ0) is 13.0. The molecule has 2 unspecified atom stereocenters. The van der Waals surface area contributed by atoms with Gasteiger partial charge in [0.1, 0.15) is 5.76 Å². The van der Waals surface area contributed by atoms with Crippen LogP contribution in [0.2, 0.25) is 0 Å². The molecule has 1 aromatic rings. The maximum atomic E-state index is 5.36. The molecule has 0 bridgehead atoms. The molecule has 0 amide bonds. The molecule has 0 spiro atoms. The van der Waals surface area contributed by atoms with E-state index in [1.807, 2.05) is 6.92 Å². The molecule has 1 fully saturated rings. The smallest absolute Gasteiger partial charge is 0.105 e. The molecule has 3 nitrogen and oxygen atoms in total. The fraction of sp³-hybridized carbons (Fsp3) is 0.733. The maximum Gasteiger partial charge on any atom is 0.105 e. The van der Waals surface area contributed by atoms with E-state index in [0.29, 0.717) is 0 Å². The molecular weight excluding hydrogens is 224 g/mol. The van der Waals surface area contributed by atoms with Crippen LogP contribution in [0.3, 0.4) is 0 Å². The van der Waals surface area contributed by atoms with E-state index in [4.69, 9.17) is 4.42 Å². The fourth-order valence-corrected chi connectivity index (χ4v) is 3.12. The normalized spacial score (nSPS) is 24.0. The topological polar surface area (TPSA) is 28.4 Å². The van der Waals surface area contributed by atoms with Gasteiger partial charge in [-0.1, -0.05) is 13.3 Å². The van der Waals surface area contributed by atoms with Crippen LogP contribution in [0.4, 0.5) is 0 Å². The van der Waals surface area contributed by atoms with Crippen LogP contribution < -0.4 is 5.32 Å². The summed E-state index contributed by atoms with van der Waals surface area (Å²) in [6, 6.07) is 2.81. The van der Waals surface area contributed by atoms with Crippen molar-refractivity contribution in [3.63, 3.8) is 0 Å². The first-order valence-electron chi connectivity index (χ1n) is 7.15. The Balaban J connectivity index is 1.83. The highest BCUT2D eigenvalue weighted by molar-refractivity contribution is 5.15. The zero-order valence-corrected chi connectivity index (χ0v) is 11.9. The molecule has 2 rings (SSSR count). The number of nitrogens with one attached hydrogen (secondary N) is 1. The summed E-state index contributed by atoms with van der Waals surface area (Å²) < 4.78 is 5.36. The Labute approximate surface area is 111 Å². The third-order valence-electron chi connectivity index (χ3n) is 4.08. The first-order valence-corrected chi connectivity index (χ1v) is 7.15. The molecule has 0 radical (unpaired) electrons. The minimum atomic E-state index is 0.725. The third kappa shape index (κ3) is 3.36. The lowest BCUT2D eigenvalue weighted by molar-refractivity contribution is 0.245. The van der Waals surface area contributed by atoms with E-state index in [-0.39, 0.29) is 0 Å².